The van der Waals surface area contributed by atoms with Crippen molar-refractivity contribution in [1.29, 1.82) is 0 Å². The van der Waals surface area contributed by atoms with Gasteiger partial charge >= 0.3 is 5.97 Å². The van der Waals surface area contributed by atoms with Crippen molar-refractivity contribution in [2.24, 2.45) is 5.92 Å². The average Bonchev–Trinajstić information content (AvgIpc) is 2.74. The highest BCUT2D eigenvalue weighted by Crippen LogP contribution is 2.29. The lowest BCUT2D eigenvalue weighted by Gasteiger charge is -2.33. The molecule has 0 unspecified atom stereocenters. The van der Waals surface area contributed by atoms with Crippen molar-refractivity contribution in [3.8, 4) is 0 Å². The van der Waals surface area contributed by atoms with Crippen LogP contribution in [0.25, 0.3) is 0 Å². The van der Waals surface area contributed by atoms with Gasteiger partial charge in [-0.25, -0.2) is 8.42 Å². The van der Waals surface area contributed by atoms with E-state index >= 15 is 0 Å². The molecule has 1 aliphatic heterocycles. The molecule has 0 aliphatic carbocycles. The summed E-state index contributed by atoms with van der Waals surface area (Å²) in [5, 5.41) is 23.3. The van der Waals surface area contributed by atoms with Crippen molar-refractivity contribution in [3.05, 3.63) is 11.4 Å². The number of rotatable bonds is 4. The van der Waals surface area contributed by atoms with Crippen molar-refractivity contribution in [2.75, 3.05) is 13.1 Å². The normalized spacial score (nSPS) is 23.4. The molecule has 2 heterocycles. The van der Waals surface area contributed by atoms with Gasteiger partial charge in [-0.05, 0) is 34.1 Å². The van der Waals surface area contributed by atoms with Crippen LogP contribution in [0.1, 0.15) is 37.7 Å². The zero-order chi connectivity index (χ0) is 17.5. The fourth-order valence-electron chi connectivity index (χ4n) is 3.06. The molecule has 1 aliphatic rings. The maximum absolute atomic E-state index is 12.9. The predicted octanol–water partition coefficient (Wildman–Crippen LogP) is 0.537. The molecule has 0 bridgehead atoms. The maximum atomic E-state index is 12.9. The zero-order valence-corrected chi connectivity index (χ0v) is 14.5. The number of carboxylic acids is 1. The molecule has 0 radical (unpaired) electrons. The molecule has 1 saturated heterocycles. The summed E-state index contributed by atoms with van der Waals surface area (Å²) in [6.45, 7) is 7.02. The van der Waals surface area contributed by atoms with Gasteiger partial charge in [-0.3, -0.25) is 9.48 Å². The van der Waals surface area contributed by atoms with Crippen molar-refractivity contribution < 1.29 is 23.4 Å². The van der Waals surface area contributed by atoms with Crippen LogP contribution < -0.4 is 0 Å². The average molecular weight is 345 g/mol. The first-order valence-corrected chi connectivity index (χ1v) is 8.98. The number of hydrogen-bond acceptors (Lipinski definition) is 5. The number of aliphatic hydroxyl groups is 1. The van der Waals surface area contributed by atoms with E-state index in [0.29, 0.717) is 11.4 Å². The summed E-state index contributed by atoms with van der Waals surface area (Å²) in [7, 11) is -3.82. The Hall–Kier alpha value is -1.45. The van der Waals surface area contributed by atoms with Crippen molar-refractivity contribution in [1.82, 2.24) is 14.1 Å². The van der Waals surface area contributed by atoms with Gasteiger partial charge in [0.05, 0.1) is 23.4 Å². The van der Waals surface area contributed by atoms with Crippen molar-refractivity contribution >= 4 is 16.0 Å². The Morgan fingerprint density at radius 3 is 2.39 bits per heavy atom. The number of aryl methyl sites for hydroxylation is 1. The van der Waals surface area contributed by atoms with Gasteiger partial charge in [0.25, 0.3) is 0 Å². The predicted molar refractivity (Wildman–Crippen MR) is 82.6 cm³/mol. The number of carbonyl (C=O) groups is 1. The second-order valence-electron chi connectivity index (χ2n) is 6.20. The van der Waals surface area contributed by atoms with E-state index in [1.807, 2.05) is 13.8 Å². The summed E-state index contributed by atoms with van der Waals surface area (Å²) < 4.78 is 28.6. The second kappa shape index (κ2) is 6.21. The number of aliphatic hydroxyl groups excluding tert-OH is 1. The molecule has 9 heteroatoms. The third-order valence-corrected chi connectivity index (χ3v) is 6.33. The number of hydrogen-bond donors (Lipinski definition) is 2. The number of aromatic nitrogens is 2. The Bertz CT molecular complexity index is 710. The molecule has 2 N–H and O–H groups in total. The van der Waals surface area contributed by atoms with Gasteiger partial charge in [0.15, 0.2) is 0 Å². The van der Waals surface area contributed by atoms with E-state index in [2.05, 4.69) is 5.10 Å². The van der Waals surface area contributed by atoms with Gasteiger partial charge in [-0.1, -0.05) is 0 Å². The number of nitrogens with zero attached hydrogens (tertiary/aromatic N) is 3. The minimum absolute atomic E-state index is 0.0287. The van der Waals surface area contributed by atoms with Gasteiger partial charge < -0.3 is 10.2 Å². The van der Waals surface area contributed by atoms with E-state index in [1.54, 1.807) is 18.5 Å². The largest absolute Gasteiger partial charge is 0.481 e. The molecular weight excluding hydrogens is 322 g/mol. The monoisotopic (exact) mass is 345 g/mol. The first kappa shape index (κ1) is 17.9. The Kier molecular flexibility index (Phi) is 4.84. The van der Waals surface area contributed by atoms with Crippen molar-refractivity contribution in [2.45, 2.75) is 51.2 Å². The first-order chi connectivity index (χ1) is 10.6. The van der Waals surface area contributed by atoms with Gasteiger partial charge in [0.2, 0.25) is 10.0 Å². The molecule has 130 valence electrons. The van der Waals surface area contributed by atoms with Gasteiger partial charge in [0.1, 0.15) is 4.90 Å². The number of carboxylic acid groups (broad SMARTS) is 1. The Balaban J connectivity index is 2.36. The van der Waals surface area contributed by atoms with Crippen LogP contribution in [0.4, 0.5) is 0 Å². The van der Waals surface area contributed by atoms with Crippen LogP contribution >= 0.6 is 0 Å². The quantitative estimate of drug-likeness (QED) is 0.823. The fourth-order valence-corrected chi connectivity index (χ4v) is 4.90. The number of sulfonamides is 1. The number of β-amino-alcohol motifs (C(OH)–C–C–N with tert-alkyl or cyclic N) is 1. The highest BCUT2D eigenvalue weighted by molar-refractivity contribution is 7.89. The Labute approximate surface area is 135 Å². The SMILES string of the molecule is Cc1nn(C(C)C)c(C)c1S(=O)(=O)N1CC[C@H](C(=O)O)[C@H](O)C1. The van der Waals surface area contributed by atoms with Crippen LogP contribution in [0.2, 0.25) is 0 Å². The summed E-state index contributed by atoms with van der Waals surface area (Å²) in [6.07, 6.45) is -1.12. The van der Waals surface area contributed by atoms with E-state index in [-0.39, 0.29) is 30.4 Å². The Morgan fingerprint density at radius 1 is 1.35 bits per heavy atom. The van der Waals surface area contributed by atoms with E-state index < -0.39 is 28.0 Å². The first-order valence-electron chi connectivity index (χ1n) is 7.54. The lowest BCUT2D eigenvalue weighted by molar-refractivity contribution is -0.147. The molecule has 0 amide bonds. The minimum Gasteiger partial charge on any atom is -0.481 e. The van der Waals surface area contributed by atoms with Crippen LogP contribution in [0, 0.1) is 19.8 Å². The molecule has 23 heavy (non-hydrogen) atoms. The summed E-state index contributed by atoms with van der Waals surface area (Å²) in [5.41, 5.74) is 0.957. The molecule has 0 spiro atoms. The number of piperidine rings is 1. The summed E-state index contributed by atoms with van der Waals surface area (Å²) in [4.78, 5) is 11.2. The second-order valence-corrected chi connectivity index (χ2v) is 8.08. The molecular formula is C14H23N3O5S. The van der Waals surface area contributed by atoms with E-state index in [4.69, 9.17) is 5.11 Å². The third-order valence-electron chi connectivity index (χ3n) is 4.21. The van der Waals surface area contributed by atoms with Crippen LogP contribution in [0.3, 0.4) is 0 Å². The van der Waals surface area contributed by atoms with Crippen LogP contribution in [-0.4, -0.2) is 57.9 Å². The maximum Gasteiger partial charge on any atom is 0.309 e. The lowest BCUT2D eigenvalue weighted by atomic mass is 9.95. The van der Waals surface area contributed by atoms with E-state index in [1.165, 1.54) is 0 Å². The Morgan fingerprint density at radius 2 is 1.96 bits per heavy atom. The van der Waals surface area contributed by atoms with Crippen LogP contribution in [0.5, 0.6) is 0 Å². The highest BCUT2D eigenvalue weighted by Gasteiger charge is 2.39. The van der Waals surface area contributed by atoms with Crippen molar-refractivity contribution in [3.63, 3.8) is 0 Å². The molecule has 1 aromatic heterocycles. The fraction of sp³-hybridized carbons (Fsp3) is 0.714. The highest BCUT2D eigenvalue weighted by atomic mass is 32.2. The zero-order valence-electron chi connectivity index (χ0n) is 13.7. The molecule has 0 aromatic carbocycles. The topological polar surface area (TPSA) is 113 Å². The number of aliphatic carboxylic acids is 1. The van der Waals surface area contributed by atoms with Gasteiger partial charge in [-0.15, -0.1) is 0 Å². The summed E-state index contributed by atoms with van der Waals surface area (Å²) in [6, 6.07) is 0.0287. The molecule has 1 aromatic rings. The van der Waals surface area contributed by atoms with Crippen LogP contribution in [0.15, 0.2) is 4.90 Å². The molecule has 2 rings (SSSR count). The van der Waals surface area contributed by atoms with Crippen LogP contribution in [-0.2, 0) is 14.8 Å². The summed E-state index contributed by atoms with van der Waals surface area (Å²) >= 11 is 0. The van der Waals surface area contributed by atoms with E-state index in [9.17, 15) is 18.3 Å². The third kappa shape index (κ3) is 3.13. The molecule has 0 saturated carbocycles. The van der Waals surface area contributed by atoms with E-state index in [0.717, 1.165) is 4.31 Å². The van der Waals surface area contributed by atoms with Gasteiger partial charge in [-0.2, -0.15) is 9.40 Å². The molecule has 2 atom stereocenters. The smallest absolute Gasteiger partial charge is 0.309 e. The summed E-state index contributed by atoms with van der Waals surface area (Å²) in [5.74, 6) is -2.03. The standard InChI is InChI=1S/C14H23N3O5S/c1-8(2)17-10(4)13(9(3)15-17)23(21,22)16-6-5-11(14(19)20)12(18)7-16/h8,11-12,18H,5-7H2,1-4H3,(H,19,20)/t11-,12+/m0/s1. The molecule has 8 nitrogen and oxygen atoms in total. The van der Waals surface area contributed by atoms with Gasteiger partial charge in [0, 0.05) is 19.1 Å². The molecule has 1 fully saturated rings. The lowest BCUT2D eigenvalue weighted by Crippen LogP contribution is -2.48. The minimum atomic E-state index is -3.82.